The number of para-hydroxylation sites is 1. The predicted molar refractivity (Wildman–Crippen MR) is 156 cm³/mol. The lowest BCUT2D eigenvalue weighted by atomic mass is 10.1. The van der Waals surface area contributed by atoms with Gasteiger partial charge in [0, 0.05) is 31.9 Å². The van der Waals surface area contributed by atoms with Gasteiger partial charge in [-0.3, -0.25) is 4.79 Å². The third-order valence-electron chi connectivity index (χ3n) is 6.50. The molecule has 2 aliphatic rings. The number of nitrogens with zero attached hydrogens (tertiary/aromatic N) is 3. The fraction of sp³-hybridized carbons (Fsp3) is 0.267. The molecule has 8 nitrogen and oxygen atoms in total. The number of hydrogen-bond donors (Lipinski definition) is 0. The topological polar surface area (TPSA) is 84.3 Å². The number of benzene rings is 3. The van der Waals surface area contributed by atoms with E-state index in [2.05, 4.69) is 45.7 Å². The fourth-order valence-electron chi connectivity index (χ4n) is 4.55. The molecule has 0 spiro atoms. The first-order valence-corrected chi connectivity index (χ1v) is 13.8. The Bertz CT molecular complexity index is 1410. The molecule has 0 unspecified atom stereocenters. The highest BCUT2D eigenvalue weighted by atomic mass is 127. The van der Waals surface area contributed by atoms with Crippen LogP contribution in [0.4, 0.5) is 5.69 Å². The van der Waals surface area contributed by atoms with E-state index in [0.717, 1.165) is 33.7 Å². The van der Waals surface area contributed by atoms with E-state index in [4.69, 9.17) is 18.9 Å². The third kappa shape index (κ3) is 6.23. The molecule has 0 aromatic heterocycles. The van der Waals surface area contributed by atoms with Crippen molar-refractivity contribution in [1.82, 2.24) is 4.90 Å². The zero-order chi connectivity index (χ0) is 27.2. The van der Waals surface area contributed by atoms with E-state index in [-0.39, 0.29) is 18.3 Å². The number of anilines is 1. The molecular weight excluding hydrogens is 609 g/mol. The Hall–Kier alpha value is -3.91. The second-order valence-corrected chi connectivity index (χ2v) is 10.2. The van der Waals surface area contributed by atoms with Crippen LogP contribution in [0.25, 0.3) is 6.08 Å². The van der Waals surface area contributed by atoms with Gasteiger partial charge in [-0.25, -0.2) is 0 Å². The number of amides is 1. The summed E-state index contributed by atoms with van der Waals surface area (Å²) >= 11 is 2.19. The number of hydrogen-bond acceptors (Lipinski definition) is 7. The zero-order valence-corrected chi connectivity index (χ0v) is 23.7. The minimum absolute atomic E-state index is 0.0930. The highest BCUT2D eigenvalue weighted by molar-refractivity contribution is 14.1. The summed E-state index contributed by atoms with van der Waals surface area (Å²) in [5.41, 5.74) is 2.87. The molecule has 200 valence electrons. The van der Waals surface area contributed by atoms with Crippen molar-refractivity contribution in [2.24, 2.45) is 0 Å². The second kappa shape index (κ2) is 12.3. The minimum atomic E-state index is -0.263. The van der Waals surface area contributed by atoms with Gasteiger partial charge in [0.1, 0.15) is 18.2 Å². The first kappa shape index (κ1) is 26.7. The van der Waals surface area contributed by atoms with Crippen molar-refractivity contribution in [2.45, 2.75) is 13.5 Å². The van der Waals surface area contributed by atoms with Crippen LogP contribution in [0.1, 0.15) is 18.1 Å². The van der Waals surface area contributed by atoms with E-state index in [9.17, 15) is 10.1 Å². The maximum Gasteiger partial charge on any atom is 0.264 e. The van der Waals surface area contributed by atoms with Gasteiger partial charge in [0.05, 0.1) is 10.2 Å². The number of rotatable bonds is 8. The van der Waals surface area contributed by atoms with Crippen molar-refractivity contribution < 1.29 is 23.7 Å². The van der Waals surface area contributed by atoms with Gasteiger partial charge in [0.25, 0.3) is 5.91 Å². The molecule has 0 radical (unpaired) electrons. The average Bonchev–Trinajstić information content (AvgIpc) is 3.44. The second-order valence-electron chi connectivity index (χ2n) is 9.02. The van der Waals surface area contributed by atoms with Crippen LogP contribution in [0, 0.1) is 14.9 Å². The summed E-state index contributed by atoms with van der Waals surface area (Å²) in [5, 5.41) is 9.84. The Labute approximate surface area is 241 Å². The molecule has 9 heteroatoms. The number of piperazine rings is 1. The van der Waals surface area contributed by atoms with Crippen LogP contribution in [0.15, 0.2) is 66.2 Å². The summed E-state index contributed by atoms with van der Waals surface area (Å²) in [4.78, 5) is 17.2. The maximum absolute atomic E-state index is 13.2. The molecule has 2 aliphatic heterocycles. The summed E-state index contributed by atoms with van der Waals surface area (Å²) < 4.78 is 23.7. The quantitative estimate of drug-likeness (QED) is 0.190. The first-order chi connectivity index (χ1) is 19.1. The van der Waals surface area contributed by atoms with Gasteiger partial charge in [-0.15, -0.1) is 0 Å². The Morgan fingerprint density at radius 2 is 1.79 bits per heavy atom. The molecule has 3 aromatic rings. The molecule has 2 heterocycles. The smallest absolute Gasteiger partial charge is 0.264 e. The number of ether oxygens (including phenoxy) is 4. The lowest BCUT2D eigenvalue weighted by Crippen LogP contribution is -2.49. The lowest BCUT2D eigenvalue weighted by Gasteiger charge is -2.36. The van der Waals surface area contributed by atoms with E-state index >= 15 is 0 Å². The molecule has 0 atom stereocenters. The zero-order valence-electron chi connectivity index (χ0n) is 21.6. The van der Waals surface area contributed by atoms with Crippen LogP contribution >= 0.6 is 22.6 Å². The van der Waals surface area contributed by atoms with Crippen LogP contribution in [0.2, 0.25) is 0 Å². The number of halogens is 1. The van der Waals surface area contributed by atoms with Gasteiger partial charge in [-0.1, -0.05) is 24.3 Å². The standard InChI is InChI=1S/C30H28IN3O5/c1-2-36-28-17-22(15-25(31)29(28)37-19-21-8-9-26-27(16-21)39-20-38-26)14-23(18-32)30(35)34-12-10-33(11-13-34)24-6-4-3-5-7-24/h3-9,14-17H,2,10-13,19-20H2,1H3/b23-14-. The molecule has 1 fully saturated rings. The van der Waals surface area contributed by atoms with E-state index in [1.165, 1.54) is 0 Å². The van der Waals surface area contributed by atoms with Crippen LogP contribution in [-0.4, -0.2) is 50.4 Å². The highest BCUT2D eigenvalue weighted by Crippen LogP contribution is 2.37. The lowest BCUT2D eigenvalue weighted by molar-refractivity contribution is -0.126. The minimum Gasteiger partial charge on any atom is -0.490 e. The van der Waals surface area contributed by atoms with Crippen LogP contribution in [-0.2, 0) is 11.4 Å². The Balaban J connectivity index is 1.29. The molecular formula is C30H28IN3O5. The molecule has 0 aliphatic carbocycles. The molecule has 39 heavy (non-hydrogen) atoms. The predicted octanol–water partition coefficient (Wildman–Crippen LogP) is 5.25. The van der Waals surface area contributed by atoms with Crippen molar-refractivity contribution >= 4 is 40.3 Å². The van der Waals surface area contributed by atoms with Crippen molar-refractivity contribution in [3.63, 3.8) is 0 Å². The van der Waals surface area contributed by atoms with Crippen molar-refractivity contribution in [2.75, 3.05) is 44.5 Å². The third-order valence-corrected chi connectivity index (χ3v) is 7.30. The summed E-state index contributed by atoms with van der Waals surface area (Å²) in [5.74, 6) is 2.32. The van der Waals surface area contributed by atoms with Gasteiger partial charge >= 0.3 is 0 Å². The van der Waals surface area contributed by atoms with Crippen molar-refractivity contribution in [3.05, 3.63) is 80.9 Å². The number of nitriles is 1. The molecule has 1 amide bonds. The number of fused-ring (bicyclic) bond motifs is 1. The van der Waals surface area contributed by atoms with Crippen molar-refractivity contribution in [3.8, 4) is 29.1 Å². The van der Waals surface area contributed by atoms with Crippen LogP contribution in [0.5, 0.6) is 23.0 Å². The van der Waals surface area contributed by atoms with Crippen LogP contribution in [0.3, 0.4) is 0 Å². The molecule has 0 bridgehead atoms. The Kier molecular flexibility index (Phi) is 8.42. The van der Waals surface area contributed by atoms with Gasteiger partial charge in [-0.2, -0.15) is 5.26 Å². The molecule has 3 aromatic carbocycles. The Morgan fingerprint density at radius 1 is 1.03 bits per heavy atom. The SMILES string of the molecule is CCOc1cc(/C=C(/C#N)C(=O)N2CCN(c3ccccc3)CC2)cc(I)c1OCc1ccc2c(c1)OCO2. The van der Waals surface area contributed by atoms with E-state index in [1.54, 1.807) is 17.0 Å². The summed E-state index contributed by atoms with van der Waals surface area (Å²) in [7, 11) is 0. The maximum atomic E-state index is 13.2. The number of carbonyl (C=O) groups is 1. The molecule has 5 rings (SSSR count). The van der Waals surface area contributed by atoms with Gasteiger partial charge in [-0.05, 0) is 83.1 Å². The van der Waals surface area contributed by atoms with Gasteiger partial charge < -0.3 is 28.7 Å². The molecule has 0 saturated carbocycles. The van der Waals surface area contributed by atoms with E-state index in [0.29, 0.717) is 49.1 Å². The summed E-state index contributed by atoms with van der Waals surface area (Å²) in [6.45, 7) is 5.43. The van der Waals surface area contributed by atoms with Crippen molar-refractivity contribution in [1.29, 1.82) is 5.26 Å². The number of carbonyl (C=O) groups excluding carboxylic acids is 1. The van der Waals surface area contributed by atoms with Gasteiger partial charge in [0.2, 0.25) is 6.79 Å². The first-order valence-electron chi connectivity index (χ1n) is 12.7. The largest absolute Gasteiger partial charge is 0.490 e. The normalized spacial score (nSPS) is 14.6. The van der Waals surface area contributed by atoms with Gasteiger partial charge in [0.15, 0.2) is 23.0 Å². The molecule has 0 N–H and O–H groups in total. The molecule has 1 saturated heterocycles. The summed E-state index contributed by atoms with van der Waals surface area (Å²) in [6.07, 6.45) is 1.62. The van der Waals surface area contributed by atoms with E-state index < -0.39 is 0 Å². The Morgan fingerprint density at radius 3 is 2.54 bits per heavy atom. The average molecular weight is 637 g/mol. The van der Waals surface area contributed by atoms with Crippen LogP contribution < -0.4 is 23.8 Å². The van der Waals surface area contributed by atoms with E-state index in [1.807, 2.05) is 49.4 Å². The summed E-state index contributed by atoms with van der Waals surface area (Å²) in [6, 6.07) is 21.6. The fourth-order valence-corrected chi connectivity index (χ4v) is 5.33. The highest BCUT2D eigenvalue weighted by Gasteiger charge is 2.24. The monoisotopic (exact) mass is 637 g/mol.